The largest absolute Gasteiger partial charge is 0.454 e. The minimum absolute atomic E-state index is 0.167. The molecule has 2 N–H and O–H groups in total. The molecule has 6 heteroatoms. The summed E-state index contributed by atoms with van der Waals surface area (Å²) in [5.41, 5.74) is 5.35. The third kappa shape index (κ3) is 2.42. The van der Waals surface area contributed by atoms with Gasteiger partial charge in [0.25, 0.3) is 5.91 Å². The molecule has 1 amide bonds. The highest BCUT2D eigenvalue weighted by Gasteiger charge is 2.24. The smallest absolute Gasteiger partial charge is 0.257 e. The molecule has 130 valence electrons. The second kappa shape index (κ2) is 5.91. The van der Waals surface area contributed by atoms with E-state index in [1.165, 1.54) is 5.56 Å². The molecule has 6 nitrogen and oxygen atoms in total. The van der Waals surface area contributed by atoms with Gasteiger partial charge in [0.2, 0.25) is 6.79 Å². The van der Waals surface area contributed by atoms with Gasteiger partial charge in [-0.2, -0.15) is 0 Å². The summed E-state index contributed by atoms with van der Waals surface area (Å²) in [7, 11) is 0. The first kappa shape index (κ1) is 15.0. The maximum atomic E-state index is 12.9. The molecule has 0 saturated heterocycles. The first-order chi connectivity index (χ1) is 12.8. The van der Waals surface area contributed by atoms with Crippen LogP contribution in [-0.2, 0) is 12.8 Å². The Balaban J connectivity index is 1.51. The van der Waals surface area contributed by atoms with Gasteiger partial charge in [-0.3, -0.25) is 9.78 Å². The van der Waals surface area contributed by atoms with E-state index >= 15 is 0 Å². The fraction of sp³-hybridized carbons (Fsp3) is 0.200. The second-order valence-electron chi connectivity index (χ2n) is 6.44. The Morgan fingerprint density at radius 1 is 1.15 bits per heavy atom. The lowest BCUT2D eigenvalue weighted by atomic mass is 10.0. The van der Waals surface area contributed by atoms with E-state index < -0.39 is 0 Å². The van der Waals surface area contributed by atoms with Crippen molar-refractivity contribution in [3.8, 4) is 22.8 Å². The quantitative estimate of drug-likeness (QED) is 0.743. The van der Waals surface area contributed by atoms with Crippen molar-refractivity contribution >= 4 is 11.6 Å². The number of ether oxygens (including phenoxy) is 2. The minimum atomic E-state index is -0.167. The van der Waals surface area contributed by atoms with Crippen LogP contribution in [0.3, 0.4) is 0 Å². The van der Waals surface area contributed by atoms with Crippen molar-refractivity contribution in [3.05, 3.63) is 59.5 Å². The molecule has 26 heavy (non-hydrogen) atoms. The van der Waals surface area contributed by atoms with Crippen molar-refractivity contribution < 1.29 is 14.3 Å². The third-order valence-electron chi connectivity index (χ3n) is 4.84. The number of carbonyl (C=O) groups is 1. The minimum Gasteiger partial charge on any atom is -0.454 e. The molecule has 0 fully saturated rings. The number of carbonyl (C=O) groups excluding carboxylic acids is 1. The van der Waals surface area contributed by atoms with E-state index in [2.05, 4.69) is 21.4 Å². The van der Waals surface area contributed by atoms with Crippen LogP contribution in [-0.4, -0.2) is 22.7 Å². The molecule has 0 spiro atoms. The van der Waals surface area contributed by atoms with Crippen LogP contribution in [0.25, 0.3) is 11.3 Å². The molecular formula is C20H17N3O3. The highest BCUT2D eigenvalue weighted by molar-refractivity contribution is 6.09. The Kier molecular flexibility index (Phi) is 3.41. The van der Waals surface area contributed by atoms with Gasteiger partial charge in [-0.1, -0.05) is 6.07 Å². The molecule has 0 radical (unpaired) electrons. The first-order valence-corrected chi connectivity index (χ1v) is 8.65. The number of nitrogens with one attached hydrogen (secondary N) is 2. The SMILES string of the molecule is O=C(Nc1ccc2c(c1)OCO2)c1c[nH]c2c1-c1ncccc1CCC2. The van der Waals surface area contributed by atoms with E-state index in [0.717, 1.165) is 36.2 Å². The van der Waals surface area contributed by atoms with E-state index in [1.807, 2.05) is 12.1 Å². The molecule has 0 atom stereocenters. The van der Waals surface area contributed by atoms with E-state index in [0.29, 0.717) is 22.7 Å². The van der Waals surface area contributed by atoms with Gasteiger partial charge in [0.1, 0.15) is 0 Å². The van der Waals surface area contributed by atoms with Crippen molar-refractivity contribution in [2.75, 3.05) is 12.1 Å². The summed E-state index contributed by atoms with van der Waals surface area (Å²) >= 11 is 0. The van der Waals surface area contributed by atoms with Gasteiger partial charge in [-0.05, 0) is 43.0 Å². The maximum absolute atomic E-state index is 12.9. The second-order valence-corrected chi connectivity index (χ2v) is 6.44. The van der Waals surface area contributed by atoms with Crippen LogP contribution in [0.5, 0.6) is 11.5 Å². The van der Waals surface area contributed by atoms with E-state index in [1.54, 1.807) is 24.5 Å². The lowest BCUT2D eigenvalue weighted by molar-refractivity contribution is 0.102. The lowest BCUT2D eigenvalue weighted by Crippen LogP contribution is -2.12. The van der Waals surface area contributed by atoms with Gasteiger partial charge in [0, 0.05) is 35.4 Å². The Morgan fingerprint density at radius 3 is 3.04 bits per heavy atom. The van der Waals surface area contributed by atoms with Crippen LogP contribution in [0.15, 0.2) is 42.7 Å². The average molecular weight is 347 g/mol. The zero-order valence-electron chi connectivity index (χ0n) is 14.0. The van der Waals surface area contributed by atoms with Crippen LogP contribution in [0.4, 0.5) is 5.69 Å². The number of rotatable bonds is 2. The Morgan fingerprint density at radius 2 is 2.08 bits per heavy atom. The molecule has 0 saturated carbocycles. The third-order valence-corrected chi connectivity index (χ3v) is 4.84. The van der Waals surface area contributed by atoms with Gasteiger partial charge >= 0.3 is 0 Å². The topological polar surface area (TPSA) is 76.2 Å². The lowest BCUT2D eigenvalue weighted by Gasteiger charge is -2.09. The fourth-order valence-corrected chi connectivity index (χ4v) is 3.61. The molecule has 0 bridgehead atoms. The number of H-pyrrole nitrogens is 1. The molecule has 1 aliphatic carbocycles. The number of aryl methyl sites for hydroxylation is 2. The summed E-state index contributed by atoms with van der Waals surface area (Å²) in [5, 5.41) is 2.95. The molecule has 5 rings (SSSR count). The summed E-state index contributed by atoms with van der Waals surface area (Å²) in [6.07, 6.45) is 6.46. The Hall–Kier alpha value is -3.28. The molecule has 3 aromatic rings. The highest BCUT2D eigenvalue weighted by atomic mass is 16.7. The average Bonchev–Trinajstić information content (AvgIpc) is 3.25. The number of fused-ring (bicyclic) bond motifs is 4. The Labute approximate surface area is 150 Å². The Bertz CT molecular complexity index is 1010. The number of hydrogen-bond donors (Lipinski definition) is 2. The first-order valence-electron chi connectivity index (χ1n) is 8.65. The summed E-state index contributed by atoms with van der Waals surface area (Å²) in [6.45, 7) is 0.209. The van der Waals surface area contributed by atoms with E-state index in [4.69, 9.17) is 9.47 Å². The van der Waals surface area contributed by atoms with E-state index in [9.17, 15) is 4.79 Å². The van der Waals surface area contributed by atoms with Gasteiger partial charge in [0.15, 0.2) is 11.5 Å². The van der Waals surface area contributed by atoms with Crippen molar-refractivity contribution in [1.29, 1.82) is 0 Å². The number of aromatic amines is 1. The fourth-order valence-electron chi connectivity index (χ4n) is 3.61. The summed E-state index contributed by atoms with van der Waals surface area (Å²) in [6, 6.07) is 9.42. The summed E-state index contributed by atoms with van der Waals surface area (Å²) in [4.78, 5) is 20.8. The number of anilines is 1. The normalized spacial score (nSPS) is 14.3. The number of nitrogens with zero attached hydrogens (tertiary/aromatic N) is 1. The number of hydrogen-bond acceptors (Lipinski definition) is 4. The molecule has 1 aliphatic heterocycles. The molecule has 3 heterocycles. The predicted molar refractivity (Wildman–Crippen MR) is 96.6 cm³/mol. The molecule has 1 aromatic carbocycles. The molecule has 0 unspecified atom stereocenters. The monoisotopic (exact) mass is 347 g/mol. The van der Waals surface area contributed by atoms with Crippen molar-refractivity contribution in [2.24, 2.45) is 0 Å². The maximum Gasteiger partial charge on any atom is 0.257 e. The summed E-state index contributed by atoms with van der Waals surface area (Å²) in [5.74, 6) is 1.17. The van der Waals surface area contributed by atoms with Crippen LogP contribution < -0.4 is 14.8 Å². The van der Waals surface area contributed by atoms with Crippen molar-refractivity contribution in [1.82, 2.24) is 9.97 Å². The van der Waals surface area contributed by atoms with Crippen LogP contribution in [0.2, 0.25) is 0 Å². The van der Waals surface area contributed by atoms with Gasteiger partial charge in [-0.15, -0.1) is 0 Å². The number of pyridine rings is 1. The number of amides is 1. The van der Waals surface area contributed by atoms with Gasteiger partial charge < -0.3 is 19.8 Å². The van der Waals surface area contributed by atoms with E-state index in [-0.39, 0.29) is 12.7 Å². The molecule has 2 aromatic heterocycles. The number of benzene rings is 1. The van der Waals surface area contributed by atoms with Crippen LogP contribution in [0, 0.1) is 0 Å². The standard InChI is InChI=1S/C20H17N3O3/c24-20(23-13-6-7-16-17(9-13)26-11-25-16)14-10-22-15-5-1-3-12-4-2-8-21-19(12)18(14)15/h2,4,6-10,22H,1,3,5,11H2,(H,23,24). The van der Waals surface area contributed by atoms with Gasteiger partial charge in [-0.25, -0.2) is 0 Å². The van der Waals surface area contributed by atoms with Gasteiger partial charge in [0.05, 0.1) is 11.3 Å². The van der Waals surface area contributed by atoms with Crippen LogP contribution in [0.1, 0.15) is 28.0 Å². The zero-order valence-corrected chi connectivity index (χ0v) is 14.0. The van der Waals surface area contributed by atoms with Crippen molar-refractivity contribution in [2.45, 2.75) is 19.3 Å². The predicted octanol–water partition coefficient (Wildman–Crippen LogP) is 3.55. The van der Waals surface area contributed by atoms with Crippen LogP contribution >= 0.6 is 0 Å². The highest BCUT2D eigenvalue weighted by Crippen LogP contribution is 2.36. The molecular weight excluding hydrogens is 330 g/mol. The zero-order chi connectivity index (χ0) is 17.5. The molecule has 2 aliphatic rings. The summed E-state index contributed by atoms with van der Waals surface area (Å²) < 4.78 is 10.7. The number of aromatic nitrogens is 2. The van der Waals surface area contributed by atoms with Crippen molar-refractivity contribution in [3.63, 3.8) is 0 Å².